The van der Waals surface area contributed by atoms with Crippen LogP contribution in [0.15, 0.2) is 39.5 Å². The Kier molecular flexibility index (Phi) is 3.50. The highest BCUT2D eigenvalue weighted by Crippen LogP contribution is 2.35. The Morgan fingerprint density at radius 1 is 1.15 bits per heavy atom. The number of ether oxygens (including phenoxy) is 1. The maximum absolute atomic E-state index is 13.1. The molecule has 0 aliphatic carbocycles. The molecule has 2 aromatic carbocycles. The van der Waals surface area contributed by atoms with Crippen LogP contribution >= 0.6 is 0 Å². The van der Waals surface area contributed by atoms with Crippen molar-refractivity contribution < 1.29 is 19.1 Å². The van der Waals surface area contributed by atoms with E-state index in [-0.39, 0.29) is 28.3 Å². The van der Waals surface area contributed by atoms with E-state index in [0.29, 0.717) is 16.5 Å². The zero-order chi connectivity index (χ0) is 18.6. The first-order valence-corrected chi connectivity index (χ1v) is 8.16. The first-order chi connectivity index (χ1) is 12.4. The molecule has 1 aromatic heterocycles. The molecule has 0 bridgehead atoms. The summed E-state index contributed by atoms with van der Waals surface area (Å²) in [5.41, 5.74) is 2.86. The molecule has 1 aliphatic rings. The molecule has 6 nitrogen and oxygen atoms in total. The summed E-state index contributed by atoms with van der Waals surface area (Å²) in [7, 11) is 1.44. The Bertz CT molecular complexity index is 1130. The largest absolute Gasteiger partial charge is 0.504 e. The molecule has 132 valence electrons. The second-order valence-corrected chi connectivity index (χ2v) is 6.47. The maximum Gasteiger partial charge on any atom is 0.288 e. The van der Waals surface area contributed by atoms with Crippen LogP contribution in [0.1, 0.15) is 38.9 Å². The van der Waals surface area contributed by atoms with Gasteiger partial charge in [0, 0.05) is 0 Å². The Morgan fingerprint density at radius 2 is 1.92 bits per heavy atom. The molecule has 0 saturated heterocycles. The number of aryl methyl sites for hydroxylation is 2. The van der Waals surface area contributed by atoms with Gasteiger partial charge in [-0.2, -0.15) is 0 Å². The molecule has 1 amide bonds. The van der Waals surface area contributed by atoms with Crippen molar-refractivity contribution in [3.63, 3.8) is 0 Å². The van der Waals surface area contributed by atoms with Gasteiger partial charge in [0.2, 0.25) is 5.76 Å². The maximum atomic E-state index is 13.1. The van der Waals surface area contributed by atoms with Crippen molar-refractivity contribution in [2.75, 3.05) is 7.11 Å². The third-order valence-corrected chi connectivity index (χ3v) is 4.66. The predicted octanol–water partition coefficient (Wildman–Crippen LogP) is 2.96. The van der Waals surface area contributed by atoms with E-state index in [1.807, 2.05) is 19.9 Å². The molecule has 0 spiro atoms. The van der Waals surface area contributed by atoms with Gasteiger partial charge >= 0.3 is 0 Å². The lowest BCUT2D eigenvalue weighted by Crippen LogP contribution is -2.22. The molecule has 0 saturated carbocycles. The number of amides is 1. The first kappa shape index (κ1) is 16.2. The molecule has 26 heavy (non-hydrogen) atoms. The summed E-state index contributed by atoms with van der Waals surface area (Å²) in [4.78, 5) is 25.6. The van der Waals surface area contributed by atoms with Gasteiger partial charge in [0.15, 0.2) is 16.9 Å². The van der Waals surface area contributed by atoms with Gasteiger partial charge in [-0.05, 0) is 48.7 Å². The van der Waals surface area contributed by atoms with Crippen LogP contribution in [0.4, 0.5) is 0 Å². The number of methoxy groups -OCH3 is 1. The second-order valence-electron chi connectivity index (χ2n) is 6.47. The number of nitrogens with one attached hydrogen (secondary N) is 1. The summed E-state index contributed by atoms with van der Waals surface area (Å²) in [5, 5.41) is 13.0. The second kappa shape index (κ2) is 5.62. The number of carbonyl (C=O) groups excluding carboxylic acids is 1. The molecule has 1 aliphatic heterocycles. The fourth-order valence-corrected chi connectivity index (χ4v) is 3.49. The number of hydrogen-bond acceptors (Lipinski definition) is 5. The normalized spacial score (nSPS) is 15.8. The number of phenols is 1. The number of rotatable bonds is 2. The quantitative estimate of drug-likeness (QED) is 0.741. The highest BCUT2D eigenvalue weighted by atomic mass is 16.5. The number of carbonyl (C=O) groups is 1. The van der Waals surface area contributed by atoms with Gasteiger partial charge in [-0.25, -0.2) is 0 Å². The van der Waals surface area contributed by atoms with Crippen molar-refractivity contribution in [1.29, 1.82) is 0 Å². The highest BCUT2D eigenvalue weighted by molar-refractivity contribution is 5.99. The topological polar surface area (TPSA) is 88.8 Å². The smallest absolute Gasteiger partial charge is 0.288 e. The molecule has 2 heterocycles. The summed E-state index contributed by atoms with van der Waals surface area (Å²) >= 11 is 0. The Labute approximate surface area is 149 Å². The van der Waals surface area contributed by atoms with Crippen LogP contribution in [0.25, 0.3) is 11.0 Å². The minimum absolute atomic E-state index is 0.0161. The van der Waals surface area contributed by atoms with Crippen molar-refractivity contribution in [3.8, 4) is 11.5 Å². The van der Waals surface area contributed by atoms with Crippen LogP contribution in [-0.2, 0) is 0 Å². The van der Waals surface area contributed by atoms with E-state index in [1.165, 1.54) is 13.2 Å². The molecule has 1 unspecified atom stereocenters. The molecule has 1 atom stereocenters. The number of benzene rings is 2. The Balaban J connectivity index is 1.99. The summed E-state index contributed by atoms with van der Waals surface area (Å²) in [6.45, 7) is 3.75. The van der Waals surface area contributed by atoms with E-state index in [1.54, 1.807) is 18.2 Å². The Morgan fingerprint density at radius 3 is 2.65 bits per heavy atom. The van der Waals surface area contributed by atoms with E-state index in [0.717, 1.165) is 11.1 Å². The third kappa shape index (κ3) is 2.26. The molecular weight excluding hydrogens is 334 g/mol. The van der Waals surface area contributed by atoms with Gasteiger partial charge in [0.25, 0.3) is 5.91 Å². The minimum Gasteiger partial charge on any atom is -0.504 e. The standard InChI is InChI=1S/C20H17NO5/c1-9-6-10(2)18-12(7-9)17(23)15-16(21-20(24)19(15)26-18)11-4-5-13(22)14(8-11)25-3/h4-8,16,22H,1-3H3,(H,21,24). The lowest BCUT2D eigenvalue weighted by molar-refractivity contribution is 0.0938. The number of hydrogen-bond donors (Lipinski definition) is 2. The van der Waals surface area contributed by atoms with E-state index in [9.17, 15) is 14.7 Å². The molecule has 4 rings (SSSR count). The first-order valence-electron chi connectivity index (χ1n) is 8.16. The molecular formula is C20H17NO5. The van der Waals surface area contributed by atoms with Gasteiger partial charge in [-0.15, -0.1) is 0 Å². The van der Waals surface area contributed by atoms with E-state index < -0.39 is 11.9 Å². The van der Waals surface area contributed by atoms with Gasteiger partial charge < -0.3 is 19.6 Å². The van der Waals surface area contributed by atoms with Crippen molar-refractivity contribution in [2.45, 2.75) is 19.9 Å². The van der Waals surface area contributed by atoms with Crippen LogP contribution < -0.4 is 15.5 Å². The third-order valence-electron chi connectivity index (χ3n) is 4.66. The summed E-state index contributed by atoms with van der Waals surface area (Å²) in [6.07, 6.45) is 0. The minimum atomic E-state index is -0.659. The number of phenolic OH excluding ortho intramolecular Hbond substituents is 1. The van der Waals surface area contributed by atoms with Gasteiger partial charge in [-0.3, -0.25) is 9.59 Å². The zero-order valence-corrected chi connectivity index (χ0v) is 14.5. The molecule has 0 radical (unpaired) electrons. The van der Waals surface area contributed by atoms with Crippen molar-refractivity contribution in [2.24, 2.45) is 0 Å². The highest BCUT2D eigenvalue weighted by Gasteiger charge is 2.36. The molecule has 3 aromatic rings. The van der Waals surface area contributed by atoms with E-state index >= 15 is 0 Å². The van der Waals surface area contributed by atoms with Gasteiger partial charge in [0.1, 0.15) is 5.58 Å². The van der Waals surface area contributed by atoms with Crippen LogP contribution in [0, 0.1) is 13.8 Å². The van der Waals surface area contributed by atoms with Crippen molar-refractivity contribution in [1.82, 2.24) is 5.32 Å². The van der Waals surface area contributed by atoms with Crippen LogP contribution in [-0.4, -0.2) is 18.1 Å². The van der Waals surface area contributed by atoms with E-state index in [2.05, 4.69) is 5.32 Å². The average Bonchev–Trinajstić information content (AvgIpc) is 2.94. The molecule has 0 fully saturated rings. The SMILES string of the molecule is COc1cc(C2NC(=O)c3oc4c(C)cc(C)cc4c(=O)c32)ccc1O. The fraction of sp³-hybridized carbons (Fsp3) is 0.200. The summed E-state index contributed by atoms with van der Waals surface area (Å²) in [6, 6.07) is 7.73. The molecule has 2 N–H and O–H groups in total. The van der Waals surface area contributed by atoms with E-state index in [4.69, 9.17) is 9.15 Å². The van der Waals surface area contributed by atoms with Crippen LogP contribution in [0.2, 0.25) is 0 Å². The van der Waals surface area contributed by atoms with Crippen molar-refractivity contribution >= 4 is 16.9 Å². The summed E-state index contributed by atoms with van der Waals surface area (Å²) < 4.78 is 11.0. The predicted molar refractivity (Wildman–Crippen MR) is 95.9 cm³/mol. The summed E-state index contributed by atoms with van der Waals surface area (Å²) in [5.74, 6) is -0.151. The number of fused-ring (bicyclic) bond motifs is 2. The van der Waals surface area contributed by atoms with Gasteiger partial charge in [0.05, 0.1) is 24.1 Å². The monoisotopic (exact) mass is 351 g/mol. The zero-order valence-electron chi connectivity index (χ0n) is 14.5. The van der Waals surface area contributed by atoms with Gasteiger partial charge in [-0.1, -0.05) is 12.1 Å². The van der Waals surface area contributed by atoms with Crippen LogP contribution in [0.5, 0.6) is 11.5 Å². The molecule has 6 heteroatoms. The van der Waals surface area contributed by atoms with Crippen LogP contribution in [0.3, 0.4) is 0 Å². The lowest BCUT2D eigenvalue weighted by Gasteiger charge is -2.14. The number of aromatic hydroxyl groups is 1. The van der Waals surface area contributed by atoms with Crippen molar-refractivity contribution in [3.05, 3.63) is 68.6 Å². The lowest BCUT2D eigenvalue weighted by atomic mass is 9.98. The fourth-order valence-electron chi connectivity index (χ4n) is 3.49. The average molecular weight is 351 g/mol. The Hall–Kier alpha value is -3.28.